The van der Waals surface area contributed by atoms with Gasteiger partial charge in [0.2, 0.25) is 5.95 Å². The summed E-state index contributed by atoms with van der Waals surface area (Å²) < 4.78 is 5.05. The fourth-order valence-electron chi connectivity index (χ4n) is 2.73. The molecule has 0 bridgehead atoms. The number of hydrogen-bond donors (Lipinski definition) is 2. The first-order chi connectivity index (χ1) is 11.4. The molecule has 3 rings (SSSR count). The molecule has 2 N–H and O–H groups in total. The Morgan fingerprint density at radius 3 is 2.12 bits per heavy atom. The Labute approximate surface area is 141 Å². The van der Waals surface area contributed by atoms with Gasteiger partial charge in [0, 0.05) is 23.5 Å². The zero-order chi connectivity index (χ0) is 17.3. The van der Waals surface area contributed by atoms with Crippen molar-refractivity contribution in [2.75, 3.05) is 10.6 Å². The molecule has 0 aliphatic heterocycles. The fraction of sp³-hybridized carbons (Fsp3) is 0.278. The van der Waals surface area contributed by atoms with Crippen LogP contribution in [0, 0.1) is 34.6 Å². The fourth-order valence-corrected chi connectivity index (χ4v) is 2.73. The predicted molar refractivity (Wildman–Crippen MR) is 95.2 cm³/mol. The predicted octanol–water partition coefficient (Wildman–Crippen LogP) is 4.49. The topological polar surface area (TPSA) is 75.9 Å². The summed E-state index contributed by atoms with van der Waals surface area (Å²) in [7, 11) is 0. The number of benzene rings is 1. The molecule has 0 saturated carbocycles. The Hall–Kier alpha value is -2.89. The lowest BCUT2D eigenvalue weighted by Crippen LogP contribution is -2.04. The minimum atomic E-state index is 0.480. The van der Waals surface area contributed by atoms with E-state index in [1.54, 1.807) is 6.07 Å². The molecule has 0 fully saturated rings. The van der Waals surface area contributed by atoms with E-state index in [1.165, 1.54) is 16.7 Å². The summed E-state index contributed by atoms with van der Waals surface area (Å²) in [4.78, 5) is 8.92. The molecule has 0 amide bonds. The maximum atomic E-state index is 5.05. The molecule has 0 unspecified atom stereocenters. The number of nitrogens with zero attached hydrogens (tertiary/aromatic N) is 3. The number of aryl methyl sites for hydroxylation is 5. The summed E-state index contributed by atoms with van der Waals surface area (Å²) in [5.41, 5.74) is 5.55. The van der Waals surface area contributed by atoms with Gasteiger partial charge in [0.25, 0.3) is 0 Å². The van der Waals surface area contributed by atoms with Gasteiger partial charge >= 0.3 is 0 Å². The molecular formula is C18H21N5O. The molecular weight excluding hydrogens is 302 g/mol. The maximum Gasteiger partial charge on any atom is 0.230 e. The number of rotatable bonds is 4. The standard InChI is InChI=1S/C18H21N5O/c1-10-6-11(2)17(12(3)7-10)20-15-8-13(4)19-18(21-15)22-16-9-14(5)24-23-16/h6-9H,1-5H3,(H2,19,20,21,22,23). The van der Waals surface area contributed by atoms with Gasteiger partial charge in [-0.15, -0.1) is 0 Å². The van der Waals surface area contributed by atoms with Gasteiger partial charge in [0.1, 0.15) is 11.6 Å². The zero-order valence-corrected chi connectivity index (χ0v) is 14.6. The Kier molecular flexibility index (Phi) is 4.20. The second-order valence-corrected chi connectivity index (χ2v) is 6.06. The van der Waals surface area contributed by atoms with Gasteiger partial charge in [-0.05, 0) is 45.7 Å². The van der Waals surface area contributed by atoms with Crippen molar-refractivity contribution in [2.24, 2.45) is 0 Å². The van der Waals surface area contributed by atoms with E-state index in [0.717, 1.165) is 23.0 Å². The molecule has 0 aliphatic carbocycles. The SMILES string of the molecule is Cc1cc(C)c(Nc2cc(C)nc(Nc3cc(C)on3)n2)c(C)c1. The van der Waals surface area contributed by atoms with Crippen molar-refractivity contribution >= 4 is 23.3 Å². The van der Waals surface area contributed by atoms with Crippen molar-refractivity contribution in [1.82, 2.24) is 15.1 Å². The van der Waals surface area contributed by atoms with Gasteiger partial charge in [-0.1, -0.05) is 22.9 Å². The smallest absolute Gasteiger partial charge is 0.230 e. The maximum absolute atomic E-state index is 5.05. The third-order valence-corrected chi connectivity index (χ3v) is 3.65. The minimum absolute atomic E-state index is 0.480. The van der Waals surface area contributed by atoms with Crippen molar-refractivity contribution in [3.63, 3.8) is 0 Å². The normalized spacial score (nSPS) is 10.7. The summed E-state index contributed by atoms with van der Waals surface area (Å²) in [5.74, 6) is 2.54. The Morgan fingerprint density at radius 2 is 1.50 bits per heavy atom. The highest BCUT2D eigenvalue weighted by Crippen LogP contribution is 2.26. The van der Waals surface area contributed by atoms with Crippen LogP contribution in [0.5, 0.6) is 0 Å². The van der Waals surface area contributed by atoms with E-state index in [2.05, 4.69) is 58.7 Å². The highest BCUT2D eigenvalue weighted by molar-refractivity contribution is 5.66. The van der Waals surface area contributed by atoms with Crippen LogP contribution >= 0.6 is 0 Å². The van der Waals surface area contributed by atoms with Crippen LogP contribution in [0.25, 0.3) is 0 Å². The molecule has 1 aromatic carbocycles. The average molecular weight is 323 g/mol. The molecule has 6 nitrogen and oxygen atoms in total. The van der Waals surface area contributed by atoms with E-state index >= 15 is 0 Å². The van der Waals surface area contributed by atoms with Crippen LogP contribution < -0.4 is 10.6 Å². The van der Waals surface area contributed by atoms with E-state index in [1.807, 2.05) is 19.9 Å². The van der Waals surface area contributed by atoms with E-state index in [0.29, 0.717) is 11.8 Å². The van der Waals surface area contributed by atoms with Crippen molar-refractivity contribution < 1.29 is 4.52 Å². The second kappa shape index (κ2) is 6.31. The van der Waals surface area contributed by atoms with Crippen molar-refractivity contribution in [3.05, 3.63) is 52.4 Å². The van der Waals surface area contributed by atoms with Crippen LogP contribution in [0.1, 0.15) is 28.1 Å². The first kappa shape index (κ1) is 16.0. The molecule has 24 heavy (non-hydrogen) atoms. The third-order valence-electron chi connectivity index (χ3n) is 3.65. The van der Waals surface area contributed by atoms with Gasteiger partial charge in [-0.25, -0.2) is 4.98 Å². The van der Waals surface area contributed by atoms with E-state index in [4.69, 9.17) is 4.52 Å². The molecule has 3 aromatic rings. The average Bonchev–Trinajstić information content (AvgIpc) is 2.87. The Bertz CT molecular complexity index is 862. The first-order valence-corrected chi connectivity index (χ1v) is 7.81. The Balaban J connectivity index is 1.89. The van der Waals surface area contributed by atoms with Crippen LogP contribution in [-0.4, -0.2) is 15.1 Å². The molecule has 0 spiro atoms. The van der Waals surface area contributed by atoms with E-state index in [-0.39, 0.29) is 0 Å². The molecule has 0 atom stereocenters. The third kappa shape index (κ3) is 3.53. The lowest BCUT2D eigenvalue weighted by Gasteiger charge is -2.14. The largest absolute Gasteiger partial charge is 0.360 e. The van der Waals surface area contributed by atoms with Gasteiger partial charge < -0.3 is 15.2 Å². The molecule has 124 valence electrons. The number of nitrogens with one attached hydrogen (secondary N) is 2. The quantitative estimate of drug-likeness (QED) is 0.736. The van der Waals surface area contributed by atoms with Crippen LogP contribution in [0.3, 0.4) is 0 Å². The highest BCUT2D eigenvalue weighted by Gasteiger charge is 2.09. The number of aromatic nitrogens is 3. The van der Waals surface area contributed by atoms with Gasteiger partial charge in [0.15, 0.2) is 5.82 Å². The monoisotopic (exact) mass is 323 g/mol. The lowest BCUT2D eigenvalue weighted by atomic mass is 10.1. The van der Waals surface area contributed by atoms with Crippen LogP contribution in [-0.2, 0) is 0 Å². The zero-order valence-electron chi connectivity index (χ0n) is 14.6. The molecule has 0 radical (unpaired) electrons. The van der Waals surface area contributed by atoms with Crippen LogP contribution in [0.4, 0.5) is 23.3 Å². The molecule has 6 heteroatoms. The second-order valence-electron chi connectivity index (χ2n) is 6.06. The van der Waals surface area contributed by atoms with Crippen molar-refractivity contribution in [2.45, 2.75) is 34.6 Å². The summed E-state index contributed by atoms with van der Waals surface area (Å²) in [6.07, 6.45) is 0. The minimum Gasteiger partial charge on any atom is -0.360 e. The lowest BCUT2D eigenvalue weighted by molar-refractivity contribution is 0.400. The van der Waals surface area contributed by atoms with Gasteiger partial charge in [-0.2, -0.15) is 4.98 Å². The first-order valence-electron chi connectivity index (χ1n) is 7.81. The van der Waals surface area contributed by atoms with Crippen molar-refractivity contribution in [3.8, 4) is 0 Å². The van der Waals surface area contributed by atoms with E-state index < -0.39 is 0 Å². The number of anilines is 4. The van der Waals surface area contributed by atoms with Gasteiger partial charge in [-0.3, -0.25) is 0 Å². The summed E-state index contributed by atoms with van der Waals surface area (Å²) in [6, 6.07) is 8.02. The van der Waals surface area contributed by atoms with Crippen LogP contribution in [0.15, 0.2) is 28.8 Å². The van der Waals surface area contributed by atoms with Gasteiger partial charge in [0.05, 0.1) is 0 Å². The molecule has 0 aliphatic rings. The summed E-state index contributed by atoms with van der Waals surface area (Å²) in [5, 5.41) is 10.4. The summed E-state index contributed by atoms with van der Waals surface area (Å²) >= 11 is 0. The highest BCUT2D eigenvalue weighted by atomic mass is 16.5. The van der Waals surface area contributed by atoms with Crippen molar-refractivity contribution in [1.29, 1.82) is 0 Å². The molecule has 0 saturated heterocycles. The van der Waals surface area contributed by atoms with E-state index in [9.17, 15) is 0 Å². The molecule has 2 heterocycles. The number of hydrogen-bond acceptors (Lipinski definition) is 6. The van der Waals surface area contributed by atoms with Crippen LogP contribution in [0.2, 0.25) is 0 Å². The molecule has 2 aromatic heterocycles. The summed E-state index contributed by atoms with van der Waals surface area (Å²) in [6.45, 7) is 10.0. The Morgan fingerprint density at radius 1 is 0.792 bits per heavy atom.